The number of aryl methyl sites for hydroxylation is 4. The number of pyridine rings is 2. The number of piperidine rings is 1. The number of carbonyl (C=O) groups excluding carboxylic acids is 1. The highest BCUT2D eigenvalue weighted by Crippen LogP contribution is 2.45. The molecule has 4 aromatic carbocycles. The van der Waals surface area contributed by atoms with Gasteiger partial charge in [0.25, 0.3) is 0 Å². The molecule has 0 bridgehead atoms. The predicted molar refractivity (Wildman–Crippen MR) is 331 cm³/mol. The van der Waals surface area contributed by atoms with Gasteiger partial charge in [0, 0.05) is 113 Å². The van der Waals surface area contributed by atoms with Gasteiger partial charge in [-0.3, -0.25) is 19.7 Å². The highest BCUT2D eigenvalue weighted by atomic mass is 16.5. The van der Waals surface area contributed by atoms with Gasteiger partial charge >= 0.3 is 5.97 Å². The first-order valence-corrected chi connectivity index (χ1v) is 30.4. The third-order valence-corrected chi connectivity index (χ3v) is 18.6. The number of aldehydes is 1. The van der Waals surface area contributed by atoms with E-state index in [9.17, 15) is 14.7 Å². The van der Waals surface area contributed by atoms with E-state index in [1.807, 2.05) is 54.6 Å². The molecule has 0 saturated carbocycles. The number of hydrogen-bond donors (Lipinski definition) is 2. The second-order valence-corrected chi connectivity index (χ2v) is 23.6. The lowest BCUT2D eigenvalue weighted by Crippen LogP contribution is -2.45. The van der Waals surface area contributed by atoms with Crippen LogP contribution in [-0.2, 0) is 33.2 Å². The molecule has 4 aliphatic rings. The van der Waals surface area contributed by atoms with Gasteiger partial charge in [-0.05, 0) is 142 Å². The molecule has 0 aliphatic carbocycles. The Labute approximate surface area is 494 Å². The number of fused-ring (bicyclic) bond motifs is 6. The lowest BCUT2D eigenvalue weighted by molar-refractivity contribution is -0.145. The number of carboxylic acid groups (broad SMARTS) is 1. The fraction of sp³-hybridized carbons (Fsp3) is 0.403. The van der Waals surface area contributed by atoms with Crippen LogP contribution in [0.3, 0.4) is 0 Å². The SMILES string of the molecule is Cc1nnn(C)c1-c1cnc2c3cc(C4CCN(C(CC=O)C(=O)O)CC4)ccc3n([C@H](c3ccccc3)C3CCOCC3)c2c1.Cc1nnn(C)c1-c1cnc2c3cc(N4CCNCC4)ccc3n([C@H](c3ccccc3)C3CCOCC3)c2c1. The van der Waals surface area contributed by atoms with Crippen molar-refractivity contribution in [1.82, 2.24) is 59.3 Å². The van der Waals surface area contributed by atoms with Crippen LogP contribution in [0.5, 0.6) is 0 Å². The van der Waals surface area contributed by atoms with Crippen molar-refractivity contribution < 1.29 is 24.2 Å². The Morgan fingerprint density at radius 1 is 0.624 bits per heavy atom. The molecule has 4 aliphatic heterocycles. The van der Waals surface area contributed by atoms with Crippen LogP contribution in [0, 0.1) is 25.7 Å². The first-order chi connectivity index (χ1) is 41.6. The van der Waals surface area contributed by atoms with Crippen molar-refractivity contribution in [2.24, 2.45) is 25.9 Å². The number of rotatable bonds is 14. The number of ether oxygens (including phenoxy) is 2. The first-order valence-electron chi connectivity index (χ1n) is 30.4. The van der Waals surface area contributed by atoms with Gasteiger partial charge in [0.2, 0.25) is 0 Å². The fourth-order valence-corrected chi connectivity index (χ4v) is 14.4. The second kappa shape index (κ2) is 24.4. The highest BCUT2D eigenvalue weighted by Gasteiger charge is 2.34. The molecule has 2 N–H and O–H groups in total. The summed E-state index contributed by atoms with van der Waals surface area (Å²) in [5, 5.41) is 32.6. The lowest BCUT2D eigenvalue weighted by Gasteiger charge is -2.35. The molecule has 0 spiro atoms. The molecule has 10 heterocycles. The summed E-state index contributed by atoms with van der Waals surface area (Å²) >= 11 is 0. The monoisotopic (exact) mass is 1140 g/mol. The minimum atomic E-state index is -0.931. The van der Waals surface area contributed by atoms with Crippen LogP contribution >= 0.6 is 0 Å². The van der Waals surface area contributed by atoms with Gasteiger partial charge in [0.05, 0.1) is 68.0 Å². The molecule has 0 radical (unpaired) electrons. The molecule has 85 heavy (non-hydrogen) atoms. The van der Waals surface area contributed by atoms with Crippen molar-refractivity contribution in [1.29, 1.82) is 0 Å². The maximum Gasteiger partial charge on any atom is 0.321 e. The number of aliphatic carboxylic acids is 1. The molecule has 1 unspecified atom stereocenters. The number of nitrogens with zero attached hydrogens (tertiary/aromatic N) is 12. The zero-order chi connectivity index (χ0) is 58.1. The summed E-state index contributed by atoms with van der Waals surface area (Å²) in [7, 11) is 3.86. The van der Waals surface area contributed by atoms with Crippen LogP contribution in [0.15, 0.2) is 122 Å². The third kappa shape index (κ3) is 10.9. The number of carboxylic acids is 1. The predicted octanol–water partition coefficient (Wildman–Crippen LogP) is 10.3. The van der Waals surface area contributed by atoms with Crippen molar-refractivity contribution in [3.8, 4) is 22.5 Å². The quantitative estimate of drug-likeness (QED) is 0.0979. The standard InChI is InChI=1S/C36H40N6O4.C31H35N7O/c1-23-34(40(2)39-38-23)28-21-32-33(37-22-28)29-20-27(24-10-15-41(16-11-24)31(12-17-43)36(44)45)8-9-30(29)42(32)35(25-6-4-3-5-7-25)26-13-18-46-19-14-26;1-21-30(36(2)35-34-21)24-18-28-29(33-20-24)26-19-25(37-14-12-32-13-15-37)8-9-27(26)38(28)31(22-6-4-3-5-7-22)23-10-16-39-17-11-23/h3-9,17,20-22,24,26,31,35H,10-16,18-19H2,1-2H3,(H,44,45);3-9,18-20,23,31-32H,10-17H2,1-2H3/t31?,35-;31-/m11/s1. The van der Waals surface area contributed by atoms with E-state index >= 15 is 0 Å². The Balaban J connectivity index is 0.000000160. The summed E-state index contributed by atoms with van der Waals surface area (Å²) in [6.45, 7) is 12.5. The number of anilines is 1. The number of aromatic nitrogens is 10. The van der Waals surface area contributed by atoms with Crippen molar-refractivity contribution in [3.05, 3.63) is 150 Å². The summed E-state index contributed by atoms with van der Waals surface area (Å²) in [5.74, 6) is 0.236. The van der Waals surface area contributed by atoms with E-state index in [0.717, 1.165) is 158 Å². The molecule has 438 valence electrons. The summed E-state index contributed by atoms with van der Waals surface area (Å²) < 4.78 is 20.4. The van der Waals surface area contributed by atoms with E-state index in [4.69, 9.17) is 19.4 Å². The Bertz CT molecular complexity index is 3960. The number of nitrogens with one attached hydrogen (secondary N) is 1. The summed E-state index contributed by atoms with van der Waals surface area (Å²) in [6.07, 6.45) is 10.4. The number of benzene rings is 4. The minimum Gasteiger partial charge on any atom is -0.480 e. The maximum atomic E-state index is 11.8. The van der Waals surface area contributed by atoms with Crippen LogP contribution in [0.25, 0.3) is 66.4 Å². The van der Waals surface area contributed by atoms with E-state index in [-0.39, 0.29) is 18.5 Å². The zero-order valence-electron chi connectivity index (χ0n) is 49.1. The van der Waals surface area contributed by atoms with Gasteiger partial charge in [0.15, 0.2) is 0 Å². The Hall–Kier alpha value is -8.16. The van der Waals surface area contributed by atoms with Crippen molar-refractivity contribution >= 4 is 61.8 Å². The van der Waals surface area contributed by atoms with Crippen LogP contribution in [0.2, 0.25) is 0 Å². The average Bonchev–Trinajstić information content (AvgIpc) is 1.84. The molecule has 10 aromatic rings. The third-order valence-electron chi connectivity index (χ3n) is 18.6. The molecule has 4 fully saturated rings. The van der Waals surface area contributed by atoms with E-state index in [0.29, 0.717) is 37.1 Å². The molecule has 4 saturated heterocycles. The smallest absolute Gasteiger partial charge is 0.321 e. The first kappa shape index (κ1) is 56.0. The van der Waals surface area contributed by atoms with Gasteiger partial charge < -0.3 is 38.7 Å². The molecule has 6 aromatic heterocycles. The van der Waals surface area contributed by atoms with Crippen LogP contribution in [0.4, 0.5) is 5.69 Å². The van der Waals surface area contributed by atoms with E-state index in [1.165, 1.54) is 33.3 Å². The fourth-order valence-electron chi connectivity index (χ4n) is 14.4. The van der Waals surface area contributed by atoms with Crippen molar-refractivity contribution in [3.63, 3.8) is 0 Å². The number of piperazine rings is 1. The van der Waals surface area contributed by atoms with Crippen molar-refractivity contribution in [2.45, 2.75) is 82.8 Å². The molecule has 0 amide bonds. The van der Waals surface area contributed by atoms with Gasteiger partial charge in [-0.25, -0.2) is 9.36 Å². The number of hydrogen-bond acceptors (Lipinski definition) is 13. The number of carbonyl (C=O) groups is 2. The van der Waals surface area contributed by atoms with E-state index in [2.05, 4.69) is 149 Å². The maximum absolute atomic E-state index is 11.8. The van der Waals surface area contributed by atoms with Gasteiger partial charge in [-0.1, -0.05) is 77.2 Å². The average molecular weight is 1140 g/mol. The lowest BCUT2D eigenvalue weighted by atomic mass is 9.86. The highest BCUT2D eigenvalue weighted by molar-refractivity contribution is 6.09. The Kier molecular flexibility index (Phi) is 16.1. The number of likely N-dealkylation sites (tertiary alicyclic amines) is 1. The van der Waals surface area contributed by atoms with Gasteiger partial charge in [-0.15, -0.1) is 10.2 Å². The summed E-state index contributed by atoms with van der Waals surface area (Å²) in [4.78, 5) is 37.6. The normalized spacial score (nSPS) is 18.0. The van der Waals surface area contributed by atoms with Crippen LogP contribution in [-0.4, -0.2) is 143 Å². The topological polar surface area (TPSA) is 188 Å². The molecule has 18 nitrogen and oxygen atoms in total. The molecular weight excluding hydrogens is 1070 g/mol. The van der Waals surface area contributed by atoms with Gasteiger partial charge in [-0.2, -0.15) is 0 Å². The van der Waals surface area contributed by atoms with Crippen LogP contribution in [0.1, 0.15) is 91.0 Å². The van der Waals surface area contributed by atoms with Crippen LogP contribution < -0.4 is 10.2 Å². The minimum absolute atomic E-state index is 0.0171. The van der Waals surface area contributed by atoms with Gasteiger partial charge in [0.1, 0.15) is 12.3 Å². The zero-order valence-corrected chi connectivity index (χ0v) is 49.1. The molecule has 14 rings (SSSR count). The molecular formula is C67H75N13O5. The van der Waals surface area contributed by atoms with Crippen molar-refractivity contribution in [2.75, 3.05) is 70.6 Å². The summed E-state index contributed by atoms with van der Waals surface area (Å²) in [6, 6.07) is 39.6. The molecule has 18 heteroatoms. The largest absolute Gasteiger partial charge is 0.480 e. The Morgan fingerprint density at radius 2 is 1.12 bits per heavy atom. The second-order valence-electron chi connectivity index (χ2n) is 23.6. The summed E-state index contributed by atoms with van der Waals surface area (Å²) in [5.41, 5.74) is 17.5. The van der Waals surface area contributed by atoms with E-state index in [1.54, 1.807) is 0 Å². The van der Waals surface area contributed by atoms with E-state index < -0.39 is 12.0 Å². The Morgan fingerprint density at radius 3 is 1.59 bits per heavy atom. The molecule has 3 atom stereocenters.